The van der Waals surface area contributed by atoms with E-state index >= 15 is 0 Å². The molecule has 1 aromatic rings. The van der Waals surface area contributed by atoms with Gasteiger partial charge in [-0.1, -0.05) is 0 Å². The van der Waals surface area contributed by atoms with E-state index in [0.29, 0.717) is 18.9 Å². The molecule has 1 N–H and O–H groups in total. The van der Waals surface area contributed by atoms with E-state index in [1.165, 1.54) is 11.2 Å². The maximum atomic E-state index is 12.0. The van der Waals surface area contributed by atoms with Crippen molar-refractivity contribution in [1.82, 2.24) is 4.90 Å². The lowest BCUT2D eigenvalue weighted by Crippen LogP contribution is -2.48. The van der Waals surface area contributed by atoms with Crippen LogP contribution >= 0.6 is 11.8 Å². The van der Waals surface area contributed by atoms with Gasteiger partial charge in [0, 0.05) is 13.7 Å². The third-order valence-corrected chi connectivity index (χ3v) is 4.18. The van der Waals surface area contributed by atoms with E-state index in [4.69, 9.17) is 9.15 Å². The molecule has 0 aliphatic carbocycles. The van der Waals surface area contributed by atoms with Crippen LogP contribution in [0.25, 0.3) is 0 Å². The van der Waals surface area contributed by atoms with E-state index < -0.39 is 17.3 Å². The molecule has 0 saturated carbocycles. The highest BCUT2D eigenvalue weighted by Gasteiger charge is 2.42. The molecular weight excluding hydrogens is 270 g/mol. The first-order valence-electron chi connectivity index (χ1n) is 5.81. The van der Waals surface area contributed by atoms with Crippen molar-refractivity contribution < 1.29 is 23.8 Å². The van der Waals surface area contributed by atoms with Gasteiger partial charge in [-0.05, 0) is 12.1 Å². The van der Waals surface area contributed by atoms with Crippen LogP contribution in [0.1, 0.15) is 11.8 Å². The molecule has 7 heteroatoms. The SMILES string of the molecule is COCCN1C(=O)CSC(C(=O)O)C1c1ccco1. The summed E-state index contributed by atoms with van der Waals surface area (Å²) in [4.78, 5) is 24.9. The first-order valence-corrected chi connectivity index (χ1v) is 6.86. The monoisotopic (exact) mass is 285 g/mol. The number of carboxylic acid groups (broad SMARTS) is 1. The highest BCUT2D eigenvalue weighted by molar-refractivity contribution is 8.01. The van der Waals surface area contributed by atoms with Crippen molar-refractivity contribution in [2.45, 2.75) is 11.3 Å². The molecule has 1 saturated heterocycles. The van der Waals surface area contributed by atoms with E-state index in [0.717, 1.165) is 11.8 Å². The molecule has 1 aromatic heterocycles. The normalized spacial score (nSPS) is 23.6. The zero-order valence-corrected chi connectivity index (χ0v) is 11.3. The van der Waals surface area contributed by atoms with Crippen LogP contribution in [0.5, 0.6) is 0 Å². The Labute approximate surface area is 114 Å². The Balaban J connectivity index is 2.29. The number of furan rings is 1. The van der Waals surface area contributed by atoms with Crippen molar-refractivity contribution in [3.63, 3.8) is 0 Å². The molecule has 1 amide bonds. The lowest BCUT2D eigenvalue weighted by Gasteiger charge is -2.37. The zero-order chi connectivity index (χ0) is 13.8. The standard InChI is InChI=1S/C12H15NO5S/c1-17-6-4-13-9(14)7-19-11(12(15)16)10(13)8-3-2-5-18-8/h2-3,5,10-11H,4,6-7H2,1H3,(H,15,16). The molecule has 6 nitrogen and oxygen atoms in total. The van der Waals surface area contributed by atoms with Gasteiger partial charge in [0.25, 0.3) is 0 Å². The van der Waals surface area contributed by atoms with E-state index in [1.54, 1.807) is 19.2 Å². The van der Waals surface area contributed by atoms with E-state index in [9.17, 15) is 14.7 Å². The van der Waals surface area contributed by atoms with Gasteiger partial charge in [-0.2, -0.15) is 0 Å². The Morgan fingerprint density at radius 2 is 2.47 bits per heavy atom. The third kappa shape index (κ3) is 2.93. The average Bonchev–Trinajstić information content (AvgIpc) is 2.90. The number of amides is 1. The highest BCUT2D eigenvalue weighted by Crippen LogP contribution is 2.37. The van der Waals surface area contributed by atoms with Gasteiger partial charge in [0.15, 0.2) is 0 Å². The summed E-state index contributed by atoms with van der Waals surface area (Å²) < 4.78 is 10.3. The molecule has 2 atom stereocenters. The van der Waals surface area contributed by atoms with Gasteiger partial charge >= 0.3 is 5.97 Å². The number of ether oxygens (including phenoxy) is 1. The fraction of sp³-hybridized carbons (Fsp3) is 0.500. The van der Waals surface area contributed by atoms with E-state index in [1.807, 2.05) is 0 Å². The number of hydrogen-bond acceptors (Lipinski definition) is 5. The number of nitrogens with zero attached hydrogens (tertiary/aromatic N) is 1. The summed E-state index contributed by atoms with van der Waals surface area (Å²) in [5.74, 6) is -0.385. The van der Waals surface area contributed by atoms with Gasteiger partial charge in [-0.15, -0.1) is 11.8 Å². The number of methoxy groups -OCH3 is 1. The second-order valence-corrected chi connectivity index (χ2v) is 5.24. The van der Waals surface area contributed by atoms with Gasteiger partial charge in [0.1, 0.15) is 17.1 Å². The summed E-state index contributed by atoms with van der Waals surface area (Å²) in [5.41, 5.74) is 0. The zero-order valence-electron chi connectivity index (χ0n) is 10.4. The smallest absolute Gasteiger partial charge is 0.319 e. The Morgan fingerprint density at radius 3 is 3.05 bits per heavy atom. The summed E-state index contributed by atoms with van der Waals surface area (Å²) >= 11 is 1.13. The van der Waals surface area contributed by atoms with Crippen LogP contribution in [0, 0.1) is 0 Å². The molecule has 1 aliphatic heterocycles. The minimum Gasteiger partial charge on any atom is -0.480 e. The Kier molecular flexibility index (Phi) is 4.49. The highest BCUT2D eigenvalue weighted by atomic mass is 32.2. The summed E-state index contributed by atoms with van der Waals surface area (Å²) in [5, 5.41) is 8.58. The lowest BCUT2D eigenvalue weighted by atomic mass is 10.1. The van der Waals surface area contributed by atoms with Crippen molar-refractivity contribution in [2.75, 3.05) is 26.0 Å². The quantitative estimate of drug-likeness (QED) is 0.869. The minimum atomic E-state index is -0.943. The van der Waals surface area contributed by atoms with E-state index in [-0.39, 0.29) is 11.7 Å². The number of carbonyl (C=O) groups excluding carboxylic acids is 1. The van der Waals surface area contributed by atoms with E-state index in [2.05, 4.69) is 0 Å². The molecule has 0 spiro atoms. The molecule has 2 unspecified atom stereocenters. The molecule has 1 fully saturated rings. The molecule has 0 radical (unpaired) electrons. The fourth-order valence-corrected chi connectivity index (χ4v) is 3.17. The predicted molar refractivity (Wildman–Crippen MR) is 68.9 cm³/mol. The summed E-state index contributed by atoms with van der Waals surface area (Å²) in [6.07, 6.45) is 1.48. The van der Waals surface area contributed by atoms with Crippen LogP contribution in [0.4, 0.5) is 0 Å². The summed E-state index contributed by atoms with van der Waals surface area (Å²) in [6, 6.07) is 2.79. The lowest BCUT2D eigenvalue weighted by molar-refractivity contribution is -0.141. The largest absolute Gasteiger partial charge is 0.480 e. The average molecular weight is 285 g/mol. The predicted octanol–water partition coefficient (Wildman–Crippen LogP) is 0.996. The van der Waals surface area contributed by atoms with Crippen LogP contribution < -0.4 is 0 Å². The Hall–Kier alpha value is -1.47. The Bertz CT molecular complexity index is 447. The van der Waals surface area contributed by atoms with Crippen LogP contribution in [0.15, 0.2) is 22.8 Å². The maximum Gasteiger partial charge on any atom is 0.319 e. The van der Waals surface area contributed by atoms with Gasteiger partial charge < -0.3 is 19.2 Å². The number of aliphatic carboxylic acids is 1. The van der Waals surface area contributed by atoms with Crippen molar-refractivity contribution in [3.05, 3.63) is 24.2 Å². The van der Waals surface area contributed by atoms with Gasteiger partial charge in [-0.25, -0.2) is 0 Å². The second-order valence-electron chi connectivity index (χ2n) is 4.11. The second kappa shape index (κ2) is 6.12. The first-order chi connectivity index (χ1) is 9.15. The fourth-order valence-electron chi connectivity index (χ4n) is 2.08. The number of rotatable bonds is 5. The maximum absolute atomic E-state index is 12.0. The number of hydrogen-bond donors (Lipinski definition) is 1. The summed E-state index contributed by atoms with van der Waals surface area (Å²) in [6.45, 7) is 0.713. The van der Waals surface area contributed by atoms with Gasteiger partial charge in [0.2, 0.25) is 5.91 Å². The molecule has 0 aromatic carbocycles. The van der Waals surface area contributed by atoms with Crippen LogP contribution in [0.3, 0.4) is 0 Å². The van der Waals surface area contributed by atoms with Crippen molar-refractivity contribution in [3.8, 4) is 0 Å². The van der Waals surface area contributed by atoms with Crippen LogP contribution in [-0.4, -0.2) is 53.1 Å². The number of carbonyl (C=O) groups is 2. The van der Waals surface area contributed by atoms with Crippen molar-refractivity contribution in [1.29, 1.82) is 0 Å². The van der Waals surface area contributed by atoms with Gasteiger partial charge in [0.05, 0.1) is 18.6 Å². The molecule has 104 valence electrons. The van der Waals surface area contributed by atoms with Crippen molar-refractivity contribution >= 4 is 23.6 Å². The topological polar surface area (TPSA) is 80.0 Å². The number of carboxylic acids is 1. The number of thioether (sulfide) groups is 1. The molecule has 1 aliphatic rings. The minimum absolute atomic E-state index is 0.0963. The first kappa shape index (κ1) is 14.0. The summed E-state index contributed by atoms with van der Waals surface area (Å²) in [7, 11) is 1.54. The van der Waals surface area contributed by atoms with Crippen LogP contribution in [-0.2, 0) is 14.3 Å². The molecular formula is C12H15NO5S. The van der Waals surface area contributed by atoms with Crippen molar-refractivity contribution in [2.24, 2.45) is 0 Å². The Morgan fingerprint density at radius 1 is 1.68 bits per heavy atom. The molecule has 0 bridgehead atoms. The molecule has 19 heavy (non-hydrogen) atoms. The third-order valence-electron chi connectivity index (χ3n) is 2.94. The molecule has 2 heterocycles. The molecule has 2 rings (SSSR count). The van der Waals surface area contributed by atoms with Crippen LogP contribution in [0.2, 0.25) is 0 Å². The van der Waals surface area contributed by atoms with Gasteiger partial charge in [-0.3, -0.25) is 9.59 Å².